The first-order valence-electron chi connectivity index (χ1n) is 12.5. The highest BCUT2D eigenvalue weighted by Gasteiger charge is 2.36. The van der Waals surface area contributed by atoms with Crippen molar-refractivity contribution in [3.05, 3.63) is 64.5 Å². The summed E-state index contributed by atoms with van der Waals surface area (Å²) in [5.41, 5.74) is 1.11. The molecule has 1 aliphatic carbocycles. The Bertz CT molecular complexity index is 1340. The summed E-state index contributed by atoms with van der Waals surface area (Å²) in [7, 11) is 2.00. The normalized spacial score (nSPS) is 19.9. The minimum absolute atomic E-state index is 0.0681. The molecule has 0 bridgehead atoms. The Balaban J connectivity index is 1.38. The maximum atomic E-state index is 15.0. The fourth-order valence-corrected chi connectivity index (χ4v) is 5.18. The predicted octanol–water partition coefficient (Wildman–Crippen LogP) is 4.86. The highest BCUT2D eigenvalue weighted by Crippen LogP contribution is 2.39. The number of aromatic nitrogens is 3. The molecule has 1 aromatic carbocycles. The largest absolute Gasteiger partial charge is 0.384 e. The van der Waals surface area contributed by atoms with E-state index in [1.165, 1.54) is 18.3 Å². The van der Waals surface area contributed by atoms with Gasteiger partial charge in [-0.3, -0.25) is 0 Å². The van der Waals surface area contributed by atoms with Gasteiger partial charge in [0.05, 0.1) is 11.9 Å². The van der Waals surface area contributed by atoms with Gasteiger partial charge in [0.1, 0.15) is 34.7 Å². The number of rotatable bonds is 6. The van der Waals surface area contributed by atoms with E-state index < -0.39 is 17.2 Å². The molecule has 0 radical (unpaired) electrons. The summed E-state index contributed by atoms with van der Waals surface area (Å²) in [5.74, 6) is -0.678. The Morgan fingerprint density at radius 3 is 2.57 bits per heavy atom. The van der Waals surface area contributed by atoms with Crippen LogP contribution in [0.25, 0.3) is 0 Å². The lowest BCUT2D eigenvalue weighted by Gasteiger charge is -2.29. The number of pyridine rings is 1. The van der Waals surface area contributed by atoms with Crippen LogP contribution in [-0.2, 0) is 12.0 Å². The van der Waals surface area contributed by atoms with Gasteiger partial charge in [-0.2, -0.15) is 10.2 Å². The monoisotopic (exact) mass is 505 g/mol. The highest BCUT2D eigenvalue weighted by atomic mass is 19.1. The number of nitriles is 1. The van der Waals surface area contributed by atoms with Crippen molar-refractivity contribution in [2.75, 3.05) is 30.8 Å². The SMILES string of the molecule is CCC1(O)CCc2ccc(Nc3nc(Nc4cc(F)c(C5CCN(C)CC5)c(F)c4)ncc3C#N)nc21. The van der Waals surface area contributed by atoms with E-state index >= 15 is 0 Å². The van der Waals surface area contributed by atoms with Gasteiger partial charge in [0.2, 0.25) is 5.95 Å². The summed E-state index contributed by atoms with van der Waals surface area (Å²) in [5, 5.41) is 26.3. The van der Waals surface area contributed by atoms with Gasteiger partial charge >= 0.3 is 0 Å². The van der Waals surface area contributed by atoms with E-state index in [9.17, 15) is 19.1 Å². The van der Waals surface area contributed by atoms with Crippen molar-refractivity contribution in [2.45, 2.75) is 50.5 Å². The maximum Gasteiger partial charge on any atom is 0.229 e. The van der Waals surface area contributed by atoms with Gasteiger partial charge in [0, 0.05) is 11.3 Å². The molecular weight excluding hydrogens is 476 g/mol. The third-order valence-corrected chi connectivity index (χ3v) is 7.43. The Labute approximate surface area is 214 Å². The van der Waals surface area contributed by atoms with Crippen LogP contribution in [0.4, 0.5) is 32.1 Å². The van der Waals surface area contributed by atoms with Gasteiger partial charge in [-0.1, -0.05) is 13.0 Å². The van der Waals surface area contributed by atoms with Crippen LogP contribution in [0.1, 0.15) is 60.9 Å². The Kier molecular flexibility index (Phi) is 6.75. The molecule has 2 aromatic heterocycles. The zero-order valence-electron chi connectivity index (χ0n) is 20.9. The molecule has 3 N–H and O–H groups in total. The van der Waals surface area contributed by atoms with Crippen LogP contribution in [0.15, 0.2) is 30.5 Å². The van der Waals surface area contributed by atoms with E-state index in [0.717, 1.165) is 25.1 Å². The first-order valence-corrected chi connectivity index (χ1v) is 12.5. The fourth-order valence-electron chi connectivity index (χ4n) is 5.18. The summed E-state index contributed by atoms with van der Waals surface area (Å²) in [6, 6.07) is 8.21. The number of aryl methyl sites for hydroxylation is 1. The van der Waals surface area contributed by atoms with Crippen molar-refractivity contribution in [1.82, 2.24) is 19.9 Å². The first-order chi connectivity index (χ1) is 17.8. The highest BCUT2D eigenvalue weighted by molar-refractivity contribution is 5.64. The number of piperidine rings is 1. The number of likely N-dealkylation sites (tertiary alicyclic amines) is 1. The molecule has 1 atom stereocenters. The van der Waals surface area contributed by atoms with Crippen molar-refractivity contribution in [3.63, 3.8) is 0 Å². The standard InChI is InChI=1S/C27H29F2N7O/c1-3-27(37)9-6-17-4-5-22(33-24(17)27)34-25-18(14-30)15-31-26(35-25)32-19-12-20(28)23(21(29)13-19)16-7-10-36(2)11-8-16/h4-5,12-13,15-16,37H,3,6-11H2,1-2H3,(H2,31,32,33,34,35). The molecule has 3 aromatic rings. The molecule has 192 valence electrons. The fraction of sp³-hybridized carbons (Fsp3) is 0.407. The number of anilines is 4. The van der Waals surface area contributed by atoms with Crippen LogP contribution in [0.2, 0.25) is 0 Å². The lowest BCUT2D eigenvalue weighted by Crippen LogP contribution is -2.30. The van der Waals surface area contributed by atoms with E-state index in [-0.39, 0.29) is 34.5 Å². The zero-order chi connectivity index (χ0) is 26.2. The van der Waals surface area contributed by atoms with Crippen LogP contribution in [0.3, 0.4) is 0 Å². The molecule has 3 heterocycles. The summed E-state index contributed by atoms with van der Waals surface area (Å²) in [6.07, 6.45) is 4.65. The molecule has 0 saturated carbocycles. The summed E-state index contributed by atoms with van der Waals surface area (Å²) in [6.45, 7) is 3.52. The third-order valence-electron chi connectivity index (χ3n) is 7.43. The summed E-state index contributed by atoms with van der Waals surface area (Å²) >= 11 is 0. The molecule has 1 saturated heterocycles. The molecule has 1 unspecified atom stereocenters. The second-order valence-corrected chi connectivity index (χ2v) is 9.84. The Morgan fingerprint density at radius 2 is 1.89 bits per heavy atom. The Morgan fingerprint density at radius 1 is 1.16 bits per heavy atom. The topological polar surface area (TPSA) is 110 Å². The van der Waals surface area contributed by atoms with Gasteiger partial charge < -0.3 is 20.6 Å². The van der Waals surface area contributed by atoms with E-state index in [4.69, 9.17) is 0 Å². The molecule has 37 heavy (non-hydrogen) atoms. The lowest BCUT2D eigenvalue weighted by molar-refractivity contribution is 0.0307. The average Bonchev–Trinajstić information content (AvgIpc) is 3.21. The summed E-state index contributed by atoms with van der Waals surface area (Å²) in [4.78, 5) is 15.2. The number of aliphatic hydroxyl groups is 1. The predicted molar refractivity (Wildman–Crippen MR) is 136 cm³/mol. The molecule has 0 spiro atoms. The van der Waals surface area contributed by atoms with Gasteiger partial charge in [-0.05, 0) is 81.9 Å². The average molecular weight is 506 g/mol. The van der Waals surface area contributed by atoms with Gasteiger partial charge in [-0.15, -0.1) is 0 Å². The zero-order valence-corrected chi connectivity index (χ0v) is 20.9. The quantitative estimate of drug-likeness (QED) is 0.436. The number of nitrogens with zero attached hydrogens (tertiary/aromatic N) is 5. The second-order valence-electron chi connectivity index (χ2n) is 9.84. The van der Waals surface area contributed by atoms with Crippen LogP contribution in [-0.4, -0.2) is 45.1 Å². The van der Waals surface area contributed by atoms with E-state index in [0.29, 0.717) is 37.2 Å². The minimum Gasteiger partial charge on any atom is -0.384 e. The maximum absolute atomic E-state index is 15.0. The van der Waals surface area contributed by atoms with Crippen LogP contribution in [0.5, 0.6) is 0 Å². The van der Waals surface area contributed by atoms with E-state index in [1.54, 1.807) is 6.07 Å². The molecule has 1 aliphatic heterocycles. The van der Waals surface area contributed by atoms with Crippen LogP contribution in [0, 0.1) is 23.0 Å². The lowest BCUT2D eigenvalue weighted by atomic mass is 9.88. The number of fused-ring (bicyclic) bond motifs is 1. The smallest absolute Gasteiger partial charge is 0.229 e. The molecule has 2 aliphatic rings. The van der Waals surface area contributed by atoms with Crippen molar-refractivity contribution in [2.24, 2.45) is 0 Å². The number of nitrogens with one attached hydrogen (secondary N) is 2. The molecule has 0 amide bonds. The number of hydrogen-bond acceptors (Lipinski definition) is 8. The van der Waals surface area contributed by atoms with E-state index in [2.05, 4.69) is 30.5 Å². The minimum atomic E-state index is -0.975. The van der Waals surface area contributed by atoms with Crippen molar-refractivity contribution >= 4 is 23.3 Å². The van der Waals surface area contributed by atoms with E-state index in [1.807, 2.05) is 26.1 Å². The van der Waals surface area contributed by atoms with Gasteiger partial charge in [0.15, 0.2) is 5.82 Å². The second kappa shape index (κ2) is 10.00. The van der Waals surface area contributed by atoms with Crippen molar-refractivity contribution in [1.29, 1.82) is 5.26 Å². The molecular formula is C27H29F2N7O. The molecule has 5 rings (SSSR count). The summed E-state index contributed by atoms with van der Waals surface area (Å²) < 4.78 is 29.9. The Hall–Kier alpha value is -3.68. The number of halogens is 2. The third kappa shape index (κ3) is 4.97. The van der Waals surface area contributed by atoms with Gasteiger partial charge in [0.25, 0.3) is 0 Å². The molecule has 10 heteroatoms. The number of benzene rings is 1. The molecule has 1 fully saturated rings. The first kappa shape index (κ1) is 25.0. The number of hydrogen-bond donors (Lipinski definition) is 3. The molecule has 8 nitrogen and oxygen atoms in total. The van der Waals surface area contributed by atoms with Crippen molar-refractivity contribution in [3.8, 4) is 6.07 Å². The van der Waals surface area contributed by atoms with Crippen LogP contribution < -0.4 is 10.6 Å². The van der Waals surface area contributed by atoms with Gasteiger partial charge in [-0.25, -0.2) is 18.7 Å². The van der Waals surface area contributed by atoms with Crippen molar-refractivity contribution < 1.29 is 13.9 Å². The van der Waals surface area contributed by atoms with Crippen LogP contribution >= 0.6 is 0 Å².